The Morgan fingerprint density at radius 3 is 2.31 bits per heavy atom. The maximum absolute atomic E-state index is 11.2. The molecular formula is C11H14ClNO3. The van der Waals surface area contributed by atoms with E-state index < -0.39 is 0 Å². The summed E-state index contributed by atoms with van der Waals surface area (Å²) in [5.41, 5.74) is 7.18. The van der Waals surface area contributed by atoms with Crippen LogP contribution in [0, 0.1) is 0 Å². The van der Waals surface area contributed by atoms with Gasteiger partial charge in [-0.3, -0.25) is 0 Å². The van der Waals surface area contributed by atoms with Crippen molar-refractivity contribution in [1.82, 2.24) is 0 Å². The van der Waals surface area contributed by atoms with Crippen molar-refractivity contribution in [3.63, 3.8) is 0 Å². The molecule has 0 amide bonds. The molecule has 5 heteroatoms. The molecule has 1 aliphatic heterocycles. The lowest BCUT2D eigenvalue weighted by atomic mass is 9.89. The zero-order valence-electron chi connectivity index (χ0n) is 8.93. The van der Waals surface area contributed by atoms with Crippen molar-refractivity contribution in [2.24, 2.45) is 5.73 Å². The van der Waals surface area contributed by atoms with Gasteiger partial charge in [0, 0.05) is 0 Å². The van der Waals surface area contributed by atoms with Crippen LogP contribution in [0.1, 0.15) is 15.9 Å². The molecule has 88 valence electrons. The van der Waals surface area contributed by atoms with E-state index in [-0.39, 0.29) is 23.9 Å². The molecule has 4 nitrogen and oxygen atoms in total. The summed E-state index contributed by atoms with van der Waals surface area (Å²) in [4.78, 5) is 11.2. The summed E-state index contributed by atoms with van der Waals surface area (Å²) in [5.74, 6) is -0.336. The van der Waals surface area contributed by atoms with Crippen LogP contribution in [0.25, 0.3) is 0 Å². The number of hydrogen-bond donors (Lipinski definition) is 1. The van der Waals surface area contributed by atoms with E-state index in [1.807, 2.05) is 12.1 Å². The van der Waals surface area contributed by atoms with Crippen LogP contribution in [0.2, 0.25) is 0 Å². The van der Waals surface area contributed by atoms with Crippen molar-refractivity contribution in [2.75, 3.05) is 20.3 Å². The predicted octanol–water partition coefficient (Wildman–Crippen LogP) is 1.08. The first-order valence-electron chi connectivity index (χ1n) is 4.71. The van der Waals surface area contributed by atoms with Gasteiger partial charge in [0.05, 0.1) is 31.4 Å². The van der Waals surface area contributed by atoms with Gasteiger partial charge in [-0.2, -0.15) is 0 Å². The van der Waals surface area contributed by atoms with Crippen LogP contribution in [0.5, 0.6) is 0 Å². The number of carbonyl (C=O) groups excluding carboxylic acids is 1. The minimum Gasteiger partial charge on any atom is -0.465 e. The van der Waals surface area contributed by atoms with E-state index in [0.29, 0.717) is 18.8 Å². The van der Waals surface area contributed by atoms with E-state index >= 15 is 0 Å². The van der Waals surface area contributed by atoms with E-state index in [0.717, 1.165) is 5.56 Å². The molecule has 0 bridgehead atoms. The number of rotatable bonds is 2. The summed E-state index contributed by atoms with van der Waals surface area (Å²) in [5, 5.41) is 0. The molecule has 1 aromatic rings. The highest BCUT2D eigenvalue weighted by Gasteiger charge is 2.35. The number of halogens is 1. The van der Waals surface area contributed by atoms with Crippen LogP contribution in [0.15, 0.2) is 24.3 Å². The van der Waals surface area contributed by atoms with Crippen LogP contribution >= 0.6 is 12.4 Å². The summed E-state index contributed by atoms with van der Waals surface area (Å²) in [6, 6.07) is 7.12. The zero-order valence-corrected chi connectivity index (χ0v) is 9.75. The van der Waals surface area contributed by atoms with E-state index in [1.165, 1.54) is 7.11 Å². The summed E-state index contributed by atoms with van der Waals surface area (Å²) in [6.07, 6.45) is 0. The molecule has 2 rings (SSSR count). The Morgan fingerprint density at radius 2 is 1.94 bits per heavy atom. The van der Waals surface area contributed by atoms with Crippen LogP contribution < -0.4 is 5.73 Å². The number of carbonyl (C=O) groups is 1. The van der Waals surface area contributed by atoms with Gasteiger partial charge in [0.15, 0.2) is 0 Å². The largest absolute Gasteiger partial charge is 0.465 e. The molecule has 0 aromatic heterocycles. The van der Waals surface area contributed by atoms with Gasteiger partial charge in [0.2, 0.25) is 0 Å². The molecule has 1 aromatic carbocycles. The second kappa shape index (κ2) is 4.82. The second-order valence-corrected chi connectivity index (χ2v) is 3.72. The third-order valence-electron chi connectivity index (χ3n) is 2.60. The van der Waals surface area contributed by atoms with E-state index in [9.17, 15) is 4.79 Å². The first-order chi connectivity index (χ1) is 7.15. The molecule has 0 atom stereocenters. The molecular weight excluding hydrogens is 230 g/mol. The average Bonchev–Trinajstić information content (AvgIpc) is 2.25. The van der Waals surface area contributed by atoms with Gasteiger partial charge in [-0.15, -0.1) is 12.4 Å². The van der Waals surface area contributed by atoms with Crippen LogP contribution in [0.3, 0.4) is 0 Å². The normalized spacial score (nSPS) is 16.9. The molecule has 0 saturated carbocycles. The highest BCUT2D eigenvalue weighted by molar-refractivity contribution is 5.89. The first kappa shape index (κ1) is 13.0. The van der Waals surface area contributed by atoms with Crippen LogP contribution in [-0.2, 0) is 15.0 Å². The van der Waals surface area contributed by atoms with E-state index in [2.05, 4.69) is 4.74 Å². The van der Waals surface area contributed by atoms with Crippen molar-refractivity contribution in [1.29, 1.82) is 0 Å². The Labute approximate surface area is 100 Å². The maximum Gasteiger partial charge on any atom is 0.337 e. The second-order valence-electron chi connectivity index (χ2n) is 3.72. The SMILES string of the molecule is COC(=O)c1ccc(C2(N)COC2)cc1.Cl. The Morgan fingerprint density at radius 1 is 1.38 bits per heavy atom. The predicted molar refractivity (Wildman–Crippen MR) is 61.7 cm³/mol. The molecule has 1 fully saturated rings. The van der Waals surface area contributed by atoms with Gasteiger partial charge >= 0.3 is 5.97 Å². The third-order valence-corrected chi connectivity index (χ3v) is 2.60. The number of hydrogen-bond acceptors (Lipinski definition) is 4. The number of benzene rings is 1. The van der Waals surface area contributed by atoms with Gasteiger partial charge in [0.25, 0.3) is 0 Å². The molecule has 1 saturated heterocycles. The van der Waals surface area contributed by atoms with Crippen molar-refractivity contribution in [3.8, 4) is 0 Å². The molecule has 1 heterocycles. The quantitative estimate of drug-likeness (QED) is 0.790. The summed E-state index contributed by atoms with van der Waals surface area (Å²) >= 11 is 0. The Kier molecular flexibility index (Phi) is 3.91. The highest BCUT2D eigenvalue weighted by Crippen LogP contribution is 2.26. The van der Waals surface area contributed by atoms with Gasteiger partial charge in [-0.05, 0) is 17.7 Å². The van der Waals surface area contributed by atoms with Gasteiger partial charge in [-0.25, -0.2) is 4.79 Å². The van der Waals surface area contributed by atoms with Gasteiger partial charge < -0.3 is 15.2 Å². The minimum atomic E-state index is -0.380. The third kappa shape index (κ3) is 2.19. The Balaban J connectivity index is 0.00000128. The number of nitrogens with two attached hydrogens (primary N) is 1. The van der Waals surface area contributed by atoms with Crippen molar-refractivity contribution < 1.29 is 14.3 Å². The molecule has 0 unspecified atom stereocenters. The molecule has 16 heavy (non-hydrogen) atoms. The molecule has 2 N–H and O–H groups in total. The lowest BCUT2D eigenvalue weighted by molar-refractivity contribution is -0.0569. The number of esters is 1. The summed E-state index contributed by atoms with van der Waals surface area (Å²) in [6.45, 7) is 1.06. The lowest BCUT2D eigenvalue weighted by Crippen LogP contribution is -2.54. The van der Waals surface area contributed by atoms with Crippen molar-refractivity contribution in [3.05, 3.63) is 35.4 Å². The fourth-order valence-corrected chi connectivity index (χ4v) is 1.54. The topological polar surface area (TPSA) is 61.5 Å². The molecule has 1 aliphatic rings. The summed E-state index contributed by atoms with van der Waals surface area (Å²) in [7, 11) is 1.36. The fraction of sp³-hybridized carbons (Fsp3) is 0.364. The van der Waals surface area contributed by atoms with E-state index in [4.69, 9.17) is 10.5 Å². The maximum atomic E-state index is 11.2. The Bertz CT molecular complexity index is 373. The van der Waals surface area contributed by atoms with E-state index in [1.54, 1.807) is 12.1 Å². The monoisotopic (exact) mass is 243 g/mol. The molecule has 0 radical (unpaired) electrons. The molecule has 0 spiro atoms. The Hall–Kier alpha value is -1.10. The van der Waals surface area contributed by atoms with Crippen molar-refractivity contribution >= 4 is 18.4 Å². The highest BCUT2D eigenvalue weighted by atomic mass is 35.5. The van der Waals surface area contributed by atoms with Crippen LogP contribution in [0.4, 0.5) is 0 Å². The van der Waals surface area contributed by atoms with Gasteiger partial charge in [-0.1, -0.05) is 12.1 Å². The lowest BCUT2D eigenvalue weighted by Gasteiger charge is -2.38. The number of methoxy groups -OCH3 is 1. The zero-order chi connectivity index (χ0) is 10.9. The van der Waals surface area contributed by atoms with Gasteiger partial charge in [0.1, 0.15) is 0 Å². The minimum absolute atomic E-state index is 0. The number of ether oxygens (including phenoxy) is 2. The van der Waals surface area contributed by atoms with Crippen LogP contribution in [-0.4, -0.2) is 26.3 Å². The standard InChI is InChI=1S/C11H13NO3.ClH/c1-14-10(13)8-2-4-9(5-3-8)11(12)6-15-7-11;/h2-5H,6-7,12H2,1H3;1H. The fourth-order valence-electron chi connectivity index (χ4n) is 1.54. The summed E-state index contributed by atoms with van der Waals surface area (Å²) < 4.78 is 9.68. The average molecular weight is 244 g/mol. The smallest absolute Gasteiger partial charge is 0.337 e. The first-order valence-corrected chi connectivity index (χ1v) is 4.71. The van der Waals surface area contributed by atoms with Crippen molar-refractivity contribution in [2.45, 2.75) is 5.54 Å². The molecule has 0 aliphatic carbocycles.